The number of hydrogen-bond acceptors (Lipinski definition) is 5. The second kappa shape index (κ2) is 6.11. The summed E-state index contributed by atoms with van der Waals surface area (Å²) in [6.07, 6.45) is 4.31. The molecule has 0 unspecified atom stereocenters. The van der Waals surface area contributed by atoms with Gasteiger partial charge in [0.05, 0.1) is 17.5 Å². The first-order valence-electron chi connectivity index (χ1n) is 8.26. The third-order valence-corrected chi connectivity index (χ3v) is 5.51. The molecule has 0 spiro atoms. The highest BCUT2D eigenvalue weighted by atomic mass is 32.1. The molecule has 1 atom stereocenters. The Bertz CT molecular complexity index is 957. The van der Waals surface area contributed by atoms with Crippen molar-refractivity contribution in [1.29, 1.82) is 0 Å². The van der Waals surface area contributed by atoms with E-state index in [2.05, 4.69) is 23.9 Å². The number of aromatic nitrogens is 3. The second-order valence-corrected chi connectivity index (χ2v) is 7.39. The van der Waals surface area contributed by atoms with Crippen LogP contribution in [0.4, 0.5) is 0 Å². The minimum absolute atomic E-state index is 0.176. The van der Waals surface area contributed by atoms with Crippen LogP contribution in [-0.4, -0.2) is 20.5 Å². The highest BCUT2D eigenvalue weighted by molar-refractivity contribution is 7.13. The molecule has 5 nitrogen and oxygen atoms in total. The summed E-state index contributed by atoms with van der Waals surface area (Å²) in [5.41, 5.74) is 4.91. The highest BCUT2D eigenvalue weighted by Crippen LogP contribution is 2.40. The number of Topliss-reactive ketones (excluding diaryl/α,β-unsaturated/α-hetero) is 1. The Labute approximate surface area is 150 Å². The fourth-order valence-corrected chi connectivity index (χ4v) is 4.20. The topological polar surface area (TPSA) is 57.0 Å². The Morgan fingerprint density at radius 2 is 2.24 bits per heavy atom. The van der Waals surface area contributed by atoms with Gasteiger partial charge in [0.1, 0.15) is 17.4 Å². The average molecular weight is 353 g/mol. The molecule has 1 aromatic carbocycles. The van der Waals surface area contributed by atoms with Crippen molar-refractivity contribution in [2.75, 3.05) is 0 Å². The summed E-state index contributed by atoms with van der Waals surface area (Å²) >= 11 is 1.57. The molecule has 1 aliphatic rings. The first-order valence-corrected chi connectivity index (χ1v) is 9.14. The van der Waals surface area contributed by atoms with E-state index in [4.69, 9.17) is 4.74 Å². The van der Waals surface area contributed by atoms with E-state index in [9.17, 15) is 4.79 Å². The van der Waals surface area contributed by atoms with E-state index in [1.54, 1.807) is 22.2 Å². The number of fused-ring (bicyclic) bond motifs is 1. The Balaban J connectivity index is 1.55. The zero-order valence-electron chi connectivity index (χ0n) is 14.4. The summed E-state index contributed by atoms with van der Waals surface area (Å²) in [4.78, 5) is 17.0. The summed E-state index contributed by atoms with van der Waals surface area (Å²) in [6, 6.07) is 3.93. The van der Waals surface area contributed by atoms with Crippen LogP contribution >= 0.6 is 11.3 Å². The number of nitrogens with zero attached hydrogens (tertiary/aromatic N) is 3. The van der Waals surface area contributed by atoms with E-state index < -0.39 is 0 Å². The molecule has 3 aromatic rings. The summed E-state index contributed by atoms with van der Waals surface area (Å²) in [5, 5.41) is 7.08. The number of rotatable bonds is 4. The predicted octanol–water partition coefficient (Wildman–Crippen LogP) is 4.12. The summed E-state index contributed by atoms with van der Waals surface area (Å²) in [5.74, 6) is 1.11. The fraction of sp³-hybridized carbons (Fsp3) is 0.316. The highest BCUT2D eigenvalue weighted by Gasteiger charge is 2.31. The van der Waals surface area contributed by atoms with Gasteiger partial charge in [-0.15, -0.1) is 11.3 Å². The Morgan fingerprint density at radius 3 is 3.00 bits per heavy atom. The van der Waals surface area contributed by atoms with E-state index in [0.29, 0.717) is 18.8 Å². The minimum atomic E-state index is 0.176. The van der Waals surface area contributed by atoms with Crippen molar-refractivity contribution in [3.05, 3.63) is 52.3 Å². The summed E-state index contributed by atoms with van der Waals surface area (Å²) in [6.45, 7) is 4.51. The molecule has 0 saturated carbocycles. The average Bonchev–Trinajstić information content (AvgIpc) is 3.27. The van der Waals surface area contributed by atoms with Crippen LogP contribution in [0, 0.1) is 6.92 Å². The molecule has 0 radical (unpaired) electrons. The number of ketones is 1. The maximum absolute atomic E-state index is 12.3. The third kappa shape index (κ3) is 2.87. The molecular weight excluding hydrogens is 334 g/mol. The SMILES string of the molecule is Cc1ccc(OCc2csc(-c3cnn(C)c3)n2)c2c1[C@@H](C)CC2=O. The molecule has 4 rings (SSSR count). The maximum atomic E-state index is 12.3. The van der Waals surface area contributed by atoms with Crippen molar-refractivity contribution in [2.45, 2.75) is 32.8 Å². The Morgan fingerprint density at radius 1 is 1.40 bits per heavy atom. The van der Waals surface area contributed by atoms with Crippen LogP contribution in [0.5, 0.6) is 5.75 Å². The number of benzene rings is 1. The van der Waals surface area contributed by atoms with Crippen LogP contribution in [0.3, 0.4) is 0 Å². The van der Waals surface area contributed by atoms with Gasteiger partial charge < -0.3 is 4.74 Å². The van der Waals surface area contributed by atoms with Crippen LogP contribution in [0.25, 0.3) is 10.6 Å². The monoisotopic (exact) mass is 353 g/mol. The molecule has 128 valence electrons. The van der Waals surface area contributed by atoms with Crippen molar-refractivity contribution in [1.82, 2.24) is 14.8 Å². The van der Waals surface area contributed by atoms with Crippen molar-refractivity contribution in [3.63, 3.8) is 0 Å². The van der Waals surface area contributed by atoms with Gasteiger partial charge in [-0.05, 0) is 30.0 Å². The first kappa shape index (κ1) is 16.0. The van der Waals surface area contributed by atoms with Crippen LogP contribution in [0.2, 0.25) is 0 Å². The van der Waals surface area contributed by atoms with Crippen molar-refractivity contribution in [3.8, 4) is 16.3 Å². The molecule has 0 fully saturated rings. The van der Waals surface area contributed by atoms with Gasteiger partial charge in [-0.3, -0.25) is 9.48 Å². The Kier molecular flexibility index (Phi) is 3.92. The van der Waals surface area contributed by atoms with Gasteiger partial charge in [-0.1, -0.05) is 13.0 Å². The molecule has 1 aliphatic carbocycles. The van der Waals surface area contributed by atoms with Crippen LogP contribution in [0.1, 0.15) is 46.4 Å². The number of ether oxygens (including phenoxy) is 1. The lowest BCUT2D eigenvalue weighted by molar-refractivity contribution is 0.0986. The fourth-order valence-electron chi connectivity index (χ4n) is 3.42. The van der Waals surface area contributed by atoms with Crippen LogP contribution in [-0.2, 0) is 13.7 Å². The van der Waals surface area contributed by atoms with Gasteiger partial charge in [0, 0.05) is 30.6 Å². The lowest BCUT2D eigenvalue weighted by atomic mass is 9.97. The zero-order valence-corrected chi connectivity index (χ0v) is 15.3. The molecule has 25 heavy (non-hydrogen) atoms. The lowest BCUT2D eigenvalue weighted by Crippen LogP contribution is -2.02. The van der Waals surface area contributed by atoms with Crippen molar-refractivity contribution >= 4 is 17.1 Å². The molecule has 0 amide bonds. The van der Waals surface area contributed by atoms with Gasteiger partial charge in [0.2, 0.25) is 0 Å². The van der Waals surface area contributed by atoms with Crippen molar-refractivity contribution in [2.24, 2.45) is 7.05 Å². The number of hydrogen-bond donors (Lipinski definition) is 0. The van der Waals surface area contributed by atoms with Gasteiger partial charge >= 0.3 is 0 Å². The second-order valence-electron chi connectivity index (χ2n) is 6.53. The van der Waals surface area contributed by atoms with E-state index >= 15 is 0 Å². The molecular formula is C19H19N3O2S. The molecule has 0 bridgehead atoms. The largest absolute Gasteiger partial charge is 0.486 e. The zero-order chi connectivity index (χ0) is 17.6. The summed E-state index contributed by atoms with van der Waals surface area (Å²) < 4.78 is 7.72. The van der Waals surface area contributed by atoms with E-state index in [1.807, 2.05) is 30.8 Å². The normalized spacial score (nSPS) is 16.3. The van der Waals surface area contributed by atoms with E-state index in [0.717, 1.165) is 33.0 Å². The maximum Gasteiger partial charge on any atom is 0.167 e. The number of aryl methyl sites for hydroxylation is 2. The predicted molar refractivity (Wildman–Crippen MR) is 97.2 cm³/mol. The van der Waals surface area contributed by atoms with E-state index in [-0.39, 0.29) is 11.7 Å². The summed E-state index contributed by atoms with van der Waals surface area (Å²) in [7, 11) is 1.89. The van der Waals surface area contributed by atoms with Gasteiger partial charge in [0.25, 0.3) is 0 Å². The number of carbonyl (C=O) groups excluding carboxylic acids is 1. The molecule has 0 saturated heterocycles. The van der Waals surface area contributed by atoms with Crippen LogP contribution < -0.4 is 4.74 Å². The Hall–Kier alpha value is -2.47. The van der Waals surface area contributed by atoms with Gasteiger partial charge in [-0.2, -0.15) is 5.10 Å². The molecule has 0 N–H and O–H groups in total. The number of carbonyl (C=O) groups is 1. The minimum Gasteiger partial charge on any atom is -0.486 e. The number of thiazole rings is 1. The molecule has 6 heteroatoms. The quantitative estimate of drug-likeness (QED) is 0.708. The first-order chi connectivity index (χ1) is 12.0. The molecule has 2 heterocycles. The van der Waals surface area contributed by atoms with Crippen LogP contribution in [0.15, 0.2) is 29.9 Å². The van der Waals surface area contributed by atoms with E-state index in [1.165, 1.54) is 0 Å². The standard InChI is InChI=1S/C19H19N3O2S/c1-11-4-5-16(18-15(23)6-12(2)17(11)18)24-9-14-10-25-19(21-14)13-7-20-22(3)8-13/h4-5,7-8,10,12H,6,9H2,1-3H3/t12-/m0/s1. The van der Waals surface area contributed by atoms with Gasteiger partial charge in [0.15, 0.2) is 5.78 Å². The molecule has 2 aromatic heterocycles. The molecule has 0 aliphatic heterocycles. The van der Waals surface area contributed by atoms with Crippen molar-refractivity contribution < 1.29 is 9.53 Å². The van der Waals surface area contributed by atoms with Gasteiger partial charge in [-0.25, -0.2) is 4.98 Å². The third-order valence-electron chi connectivity index (χ3n) is 4.57. The lowest BCUT2D eigenvalue weighted by Gasteiger charge is -2.12. The smallest absolute Gasteiger partial charge is 0.167 e.